The van der Waals surface area contributed by atoms with Crippen LogP contribution in [-0.4, -0.2) is 69.2 Å². The van der Waals surface area contributed by atoms with Gasteiger partial charge in [-0.15, -0.1) is 10.2 Å². The van der Waals surface area contributed by atoms with Crippen LogP contribution in [0.15, 0.2) is 35.4 Å². The van der Waals surface area contributed by atoms with E-state index in [-0.39, 0.29) is 51.3 Å². The first-order chi connectivity index (χ1) is 27.0. The molecule has 8 atom stereocenters. The zero-order chi connectivity index (χ0) is 42.4. The Morgan fingerprint density at radius 3 is 2.28 bits per heavy atom. The second kappa shape index (κ2) is 14.7. The van der Waals surface area contributed by atoms with Crippen LogP contribution in [0.25, 0.3) is 11.4 Å². The highest BCUT2D eigenvalue weighted by Gasteiger charge is 2.70. The fourth-order valence-electron chi connectivity index (χ4n) is 13.9. The third kappa shape index (κ3) is 6.70. The van der Waals surface area contributed by atoms with Gasteiger partial charge in [0.2, 0.25) is 0 Å². The number of nitrogens with zero attached hydrogens (tertiary/aromatic N) is 4. The number of aromatic nitrogens is 3. The molecule has 1 unspecified atom stereocenters. The van der Waals surface area contributed by atoms with E-state index in [1.165, 1.54) is 17.7 Å². The molecule has 0 saturated heterocycles. The summed E-state index contributed by atoms with van der Waals surface area (Å²) in [5.74, 6) is 1.53. The molecule has 5 aliphatic rings. The van der Waals surface area contributed by atoms with E-state index in [1.54, 1.807) is 26.0 Å². The molecule has 0 bridgehead atoms. The lowest BCUT2D eigenvalue weighted by molar-refractivity contribution is -0.233. The van der Waals surface area contributed by atoms with Crippen molar-refractivity contribution < 1.29 is 28.6 Å². The molecule has 58 heavy (non-hydrogen) atoms. The lowest BCUT2D eigenvalue weighted by Crippen LogP contribution is -2.65. The standard InChI is InChI=1S/C48H69FN4O5/c1-29(2)39-33(54)26-48(27-37-50-51-41(53(37)25-24-52(10)11)30-12-14-31(49)15-13-30)23-22-46(8)32(40(39)48)16-17-35-45(7)20-19-36(58-38(55)28-43(3,4)42(56)57)44(5,6)34(45)18-21-47(35,46)9/h12-15,29,32,34-36H,16-28H2,1-11H3,(H,56,57)/t32-,34+,35?,36+,45+,46-,47-,48+/m1/s1. The smallest absolute Gasteiger partial charge is 0.309 e. The minimum absolute atomic E-state index is 0.00122. The number of benzene rings is 1. The number of hydrogen-bond donors (Lipinski definition) is 1. The van der Waals surface area contributed by atoms with E-state index in [0.29, 0.717) is 42.9 Å². The number of rotatable bonds is 11. The quantitative estimate of drug-likeness (QED) is 0.224. The normalized spacial score (nSPS) is 34.4. The predicted octanol–water partition coefficient (Wildman–Crippen LogP) is 9.58. The Bertz CT molecular complexity index is 1980. The van der Waals surface area contributed by atoms with Gasteiger partial charge < -0.3 is 19.3 Å². The maximum atomic E-state index is 14.4. The topological polar surface area (TPSA) is 115 Å². The number of carbonyl (C=O) groups excluding carboxylic acids is 2. The largest absolute Gasteiger partial charge is 0.481 e. The third-order valence-electron chi connectivity index (χ3n) is 17.2. The molecule has 1 aromatic carbocycles. The number of Topliss-reactive ketones (excluding diaryl/α,β-unsaturated/α-hetero) is 1. The fraction of sp³-hybridized carbons (Fsp3) is 0.729. The molecule has 1 heterocycles. The summed E-state index contributed by atoms with van der Waals surface area (Å²) in [6.07, 6.45) is 8.82. The van der Waals surface area contributed by atoms with Gasteiger partial charge in [0.15, 0.2) is 11.6 Å². The van der Waals surface area contributed by atoms with Crippen LogP contribution in [0.5, 0.6) is 0 Å². The van der Waals surface area contributed by atoms with Gasteiger partial charge in [0.1, 0.15) is 17.7 Å². The Morgan fingerprint density at radius 1 is 0.948 bits per heavy atom. The van der Waals surface area contributed by atoms with Gasteiger partial charge in [-0.05, 0) is 149 Å². The number of allylic oxidation sites excluding steroid dienone is 2. The molecular weight excluding hydrogens is 732 g/mol. The lowest BCUT2D eigenvalue weighted by Gasteiger charge is -2.72. The fourth-order valence-corrected chi connectivity index (χ4v) is 13.9. The van der Waals surface area contributed by atoms with Gasteiger partial charge in [-0.3, -0.25) is 14.4 Å². The summed E-state index contributed by atoms with van der Waals surface area (Å²) in [5, 5.41) is 19.2. The van der Waals surface area contributed by atoms with Gasteiger partial charge >= 0.3 is 11.9 Å². The van der Waals surface area contributed by atoms with E-state index in [9.17, 15) is 23.9 Å². The van der Waals surface area contributed by atoms with Crippen molar-refractivity contribution in [2.24, 2.45) is 56.2 Å². The number of halogens is 1. The molecule has 4 fully saturated rings. The van der Waals surface area contributed by atoms with Gasteiger partial charge in [-0.25, -0.2) is 4.39 Å². The molecule has 0 aliphatic heterocycles. The lowest BCUT2D eigenvalue weighted by atomic mass is 9.33. The van der Waals surface area contributed by atoms with Crippen molar-refractivity contribution in [2.75, 3.05) is 20.6 Å². The number of hydrogen-bond acceptors (Lipinski definition) is 7. The first-order valence-electron chi connectivity index (χ1n) is 22.0. The Morgan fingerprint density at radius 2 is 1.64 bits per heavy atom. The van der Waals surface area contributed by atoms with Crippen LogP contribution in [0.2, 0.25) is 0 Å². The van der Waals surface area contributed by atoms with Crippen LogP contribution < -0.4 is 0 Å². The number of carboxylic acids is 1. The molecule has 318 valence electrons. The zero-order valence-corrected chi connectivity index (χ0v) is 37.1. The highest BCUT2D eigenvalue weighted by Crippen LogP contribution is 2.77. The highest BCUT2D eigenvalue weighted by molar-refractivity contribution is 6.00. The number of ether oxygens (including phenoxy) is 1. The Hall–Kier alpha value is -3.40. The van der Waals surface area contributed by atoms with E-state index in [2.05, 4.69) is 72.0 Å². The number of likely N-dealkylation sites (N-methyl/N-ethyl adjacent to an activating group) is 1. The number of carbonyl (C=O) groups is 3. The molecule has 0 amide bonds. The van der Waals surface area contributed by atoms with Crippen LogP contribution in [-0.2, 0) is 32.1 Å². The van der Waals surface area contributed by atoms with Crippen molar-refractivity contribution in [3.05, 3.63) is 47.1 Å². The summed E-state index contributed by atoms with van der Waals surface area (Å²) in [5.41, 5.74) is 1.69. The second-order valence-electron chi connectivity index (χ2n) is 21.8. The average Bonchev–Trinajstić information content (AvgIpc) is 3.66. The summed E-state index contributed by atoms with van der Waals surface area (Å²) >= 11 is 0. The van der Waals surface area contributed by atoms with Crippen molar-refractivity contribution >= 4 is 17.7 Å². The number of fused-ring (bicyclic) bond motifs is 7. The average molecular weight is 801 g/mol. The van der Waals surface area contributed by atoms with Crippen molar-refractivity contribution in [3.8, 4) is 11.4 Å². The molecule has 1 aromatic heterocycles. The van der Waals surface area contributed by atoms with Gasteiger partial charge in [0.25, 0.3) is 0 Å². The summed E-state index contributed by atoms with van der Waals surface area (Å²) < 4.78 is 22.4. The Balaban J connectivity index is 1.21. The molecule has 10 heteroatoms. The molecular formula is C48H69FN4O5. The second-order valence-corrected chi connectivity index (χ2v) is 21.8. The van der Waals surface area contributed by atoms with E-state index >= 15 is 0 Å². The number of ketones is 1. The monoisotopic (exact) mass is 801 g/mol. The van der Waals surface area contributed by atoms with Gasteiger partial charge in [0, 0.05) is 42.3 Å². The van der Waals surface area contributed by atoms with Crippen molar-refractivity contribution in [2.45, 2.75) is 146 Å². The summed E-state index contributed by atoms with van der Waals surface area (Å²) in [4.78, 5) is 41.5. The first kappa shape index (κ1) is 42.7. The van der Waals surface area contributed by atoms with E-state index < -0.39 is 17.4 Å². The first-order valence-corrected chi connectivity index (χ1v) is 22.0. The van der Waals surface area contributed by atoms with Crippen LogP contribution in [0.3, 0.4) is 0 Å². The molecule has 2 aromatic rings. The van der Waals surface area contributed by atoms with Gasteiger partial charge in [-0.1, -0.05) is 54.0 Å². The van der Waals surface area contributed by atoms with Crippen LogP contribution in [0.1, 0.15) is 132 Å². The van der Waals surface area contributed by atoms with Crippen molar-refractivity contribution in [1.29, 1.82) is 0 Å². The SMILES string of the molecule is CC(C)C1=C2[C@H]3CCC4[C@@]5(C)CC[C@H](OC(=O)CC(C)(C)C(=O)O)C(C)(C)[C@@H]5CC[C@@]4(C)[C@]3(C)CC[C@@]2(Cc2nnc(-c3ccc(F)cc3)n2CCN(C)C)CC1=O. The Labute approximate surface area is 346 Å². The van der Waals surface area contributed by atoms with E-state index in [4.69, 9.17) is 14.9 Å². The maximum Gasteiger partial charge on any atom is 0.309 e. The van der Waals surface area contributed by atoms with Gasteiger partial charge in [-0.2, -0.15) is 0 Å². The van der Waals surface area contributed by atoms with Crippen molar-refractivity contribution in [1.82, 2.24) is 19.7 Å². The molecule has 7 rings (SSSR count). The molecule has 0 spiro atoms. The maximum absolute atomic E-state index is 14.4. The van der Waals surface area contributed by atoms with Crippen LogP contribution in [0.4, 0.5) is 4.39 Å². The summed E-state index contributed by atoms with van der Waals surface area (Å²) in [7, 11) is 4.12. The van der Waals surface area contributed by atoms with Crippen LogP contribution >= 0.6 is 0 Å². The van der Waals surface area contributed by atoms with Crippen molar-refractivity contribution in [3.63, 3.8) is 0 Å². The molecule has 0 radical (unpaired) electrons. The zero-order valence-electron chi connectivity index (χ0n) is 37.1. The summed E-state index contributed by atoms with van der Waals surface area (Å²) in [6.45, 7) is 21.3. The predicted molar refractivity (Wildman–Crippen MR) is 223 cm³/mol. The van der Waals surface area contributed by atoms with E-state index in [1.807, 2.05) is 0 Å². The highest BCUT2D eigenvalue weighted by atomic mass is 19.1. The van der Waals surface area contributed by atoms with Crippen LogP contribution in [0, 0.1) is 62.0 Å². The minimum atomic E-state index is -1.17. The third-order valence-corrected chi connectivity index (χ3v) is 17.2. The van der Waals surface area contributed by atoms with E-state index in [0.717, 1.165) is 80.7 Å². The number of aliphatic carboxylic acids is 1. The molecule has 9 nitrogen and oxygen atoms in total. The Kier molecular flexibility index (Phi) is 10.8. The summed E-state index contributed by atoms with van der Waals surface area (Å²) in [6, 6.07) is 6.50. The number of esters is 1. The molecule has 4 saturated carbocycles. The molecule has 5 aliphatic carbocycles. The number of carboxylic acid groups (broad SMARTS) is 1. The molecule has 1 N–H and O–H groups in total. The minimum Gasteiger partial charge on any atom is -0.481 e. The van der Waals surface area contributed by atoms with Gasteiger partial charge in [0.05, 0.1) is 11.8 Å².